The highest BCUT2D eigenvalue weighted by Crippen LogP contribution is 2.43. The van der Waals surface area contributed by atoms with E-state index < -0.39 is 24.2 Å². The molecule has 2 bridgehead atoms. The Balaban J connectivity index is 1.51. The van der Waals surface area contributed by atoms with E-state index in [1.54, 1.807) is 0 Å². The lowest BCUT2D eigenvalue weighted by Crippen LogP contribution is -2.51. The summed E-state index contributed by atoms with van der Waals surface area (Å²) >= 11 is 0. The number of hydrogen-bond acceptors (Lipinski definition) is 5. The van der Waals surface area contributed by atoms with E-state index in [1.165, 1.54) is 6.33 Å². The van der Waals surface area contributed by atoms with Crippen LogP contribution in [0, 0.1) is 11.3 Å². The van der Waals surface area contributed by atoms with Gasteiger partial charge < -0.3 is 14.8 Å². The quantitative estimate of drug-likeness (QED) is 0.477. The molecule has 2 aromatic rings. The average molecular weight is 473 g/mol. The van der Waals surface area contributed by atoms with Crippen molar-refractivity contribution in [3.63, 3.8) is 0 Å². The zero-order valence-electron chi connectivity index (χ0n) is 19.1. The molecule has 0 saturated carbocycles. The number of carbonyl (C=O) groups excluding carboxylic acids is 1. The van der Waals surface area contributed by atoms with Crippen LogP contribution in [0.1, 0.15) is 52.0 Å². The van der Waals surface area contributed by atoms with Crippen molar-refractivity contribution < 1.29 is 18.0 Å². The predicted molar refractivity (Wildman–Crippen MR) is 122 cm³/mol. The Kier molecular flexibility index (Phi) is 6.64. The first-order valence-corrected chi connectivity index (χ1v) is 11.4. The summed E-state index contributed by atoms with van der Waals surface area (Å²) in [5.41, 5.74) is 2.30. The number of allylic oxidation sites excluding steroid dienone is 3. The number of amides is 1. The summed E-state index contributed by atoms with van der Waals surface area (Å²) in [5, 5.41) is 13.3. The molecule has 7 nitrogen and oxygen atoms in total. The Morgan fingerprint density at radius 3 is 2.59 bits per heavy atom. The maximum Gasteiger partial charge on any atom is 0.471 e. The monoisotopic (exact) mass is 472 g/mol. The van der Waals surface area contributed by atoms with E-state index >= 15 is 0 Å². The van der Waals surface area contributed by atoms with Gasteiger partial charge in [0.25, 0.3) is 0 Å². The maximum absolute atomic E-state index is 13.0. The van der Waals surface area contributed by atoms with Gasteiger partial charge in [0, 0.05) is 36.4 Å². The molecule has 0 radical (unpaired) electrons. The fourth-order valence-corrected chi connectivity index (χ4v) is 5.16. The van der Waals surface area contributed by atoms with E-state index in [-0.39, 0.29) is 6.04 Å². The number of hydrogen-bond donors (Lipinski definition) is 1. The number of carbonyl (C=O) groups is 1. The summed E-state index contributed by atoms with van der Waals surface area (Å²) in [6.45, 7) is 4.41. The molecule has 2 aliphatic heterocycles. The number of nitrogens with one attached hydrogen (secondary N) is 1. The lowest BCUT2D eigenvalue weighted by molar-refractivity contribution is -0.190. The summed E-state index contributed by atoms with van der Waals surface area (Å²) in [5.74, 6) is -1.07. The number of nitrogens with zero attached hydrogens (tertiary/aromatic N) is 5. The Labute approximate surface area is 196 Å². The lowest BCUT2D eigenvalue weighted by atomic mass is 9.97. The van der Waals surface area contributed by atoms with Crippen LogP contribution in [-0.2, 0) is 4.79 Å². The van der Waals surface area contributed by atoms with Crippen molar-refractivity contribution in [1.29, 1.82) is 5.26 Å². The van der Waals surface area contributed by atoms with Crippen molar-refractivity contribution in [2.75, 3.05) is 11.9 Å². The van der Waals surface area contributed by atoms with E-state index in [0.717, 1.165) is 22.3 Å². The first-order valence-electron chi connectivity index (χ1n) is 11.4. The van der Waals surface area contributed by atoms with Crippen molar-refractivity contribution in [2.45, 2.75) is 70.3 Å². The highest BCUT2D eigenvalue weighted by molar-refractivity contribution is 5.87. The van der Waals surface area contributed by atoms with Crippen LogP contribution in [0.3, 0.4) is 0 Å². The van der Waals surface area contributed by atoms with Gasteiger partial charge in [-0.25, -0.2) is 9.97 Å². The molecular weight excluding hydrogens is 445 g/mol. The van der Waals surface area contributed by atoms with Gasteiger partial charge in [-0.15, -0.1) is 0 Å². The summed E-state index contributed by atoms with van der Waals surface area (Å²) in [6, 6.07) is 3.23. The third-order valence-electron chi connectivity index (χ3n) is 6.58. The van der Waals surface area contributed by atoms with Crippen LogP contribution in [0.2, 0.25) is 0 Å². The van der Waals surface area contributed by atoms with Crippen LogP contribution in [0.4, 0.5) is 19.0 Å². The molecule has 0 spiro atoms. The summed E-state index contributed by atoms with van der Waals surface area (Å²) in [6.07, 6.45) is 5.14. The van der Waals surface area contributed by atoms with E-state index in [2.05, 4.69) is 21.4 Å². The normalized spacial score (nSPS) is 23.3. The molecule has 1 N–H and O–H groups in total. The molecule has 2 unspecified atom stereocenters. The Morgan fingerprint density at radius 1 is 1.26 bits per heavy atom. The number of halogens is 3. The Hall–Kier alpha value is -3.35. The van der Waals surface area contributed by atoms with Crippen molar-refractivity contribution in [2.24, 2.45) is 0 Å². The molecule has 1 amide bonds. The molecule has 4 rings (SSSR count). The topological polar surface area (TPSA) is 86.8 Å². The van der Waals surface area contributed by atoms with Crippen molar-refractivity contribution in [3.05, 3.63) is 41.9 Å². The van der Waals surface area contributed by atoms with Gasteiger partial charge in [-0.1, -0.05) is 18.6 Å². The van der Waals surface area contributed by atoms with Gasteiger partial charge in [0.2, 0.25) is 0 Å². The van der Waals surface area contributed by atoms with E-state index in [1.807, 2.05) is 42.8 Å². The minimum atomic E-state index is -4.84. The SMILES string of the molecule is CCC=C(C#N)C=C(C)CNc1ncnc2c1ccn2C1CC2CCC(C1)N2C(=O)C(F)(F)F. The highest BCUT2D eigenvalue weighted by Gasteiger charge is 2.52. The van der Waals surface area contributed by atoms with Gasteiger partial charge >= 0.3 is 12.1 Å². The second-order valence-electron chi connectivity index (χ2n) is 8.93. The number of fused-ring (bicyclic) bond motifs is 3. The molecule has 4 heterocycles. The van der Waals surface area contributed by atoms with Crippen molar-refractivity contribution >= 4 is 22.8 Å². The molecule has 34 heavy (non-hydrogen) atoms. The molecule has 2 saturated heterocycles. The lowest BCUT2D eigenvalue weighted by Gasteiger charge is -2.39. The molecule has 2 aromatic heterocycles. The van der Waals surface area contributed by atoms with Crippen LogP contribution in [0.25, 0.3) is 11.0 Å². The molecule has 10 heteroatoms. The van der Waals surface area contributed by atoms with Crippen LogP contribution in [0.15, 0.2) is 41.9 Å². The van der Waals surface area contributed by atoms with E-state index in [4.69, 9.17) is 0 Å². The largest absolute Gasteiger partial charge is 0.471 e. The first kappa shape index (κ1) is 23.8. The molecule has 0 aliphatic carbocycles. The van der Waals surface area contributed by atoms with Crippen LogP contribution in [0.5, 0.6) is 0 Å². The fourth-order valence-electron chi connectivity index (χ4n) is 5.16. The smallest absolute Gasteiger partial charge is 0.366 e. The Morgan fingerprint density at radius 2 is 1.97 bits per heavy atom. The van der Waals surface area contributed by atoms with Crippen LogP contribution < -0.4 is 5.32 Å². The van der Waals surface area contributed by atoms with Gasteiger partial charge in [-0.2, -0.15) is 18.4 Å². The second kappa shape index (κ2) is 9.49. The third kappa shape index (κ3) is 4.65. The summed E-state index contributed by atoms with van der Waals surface area (Å²) in [7, 11) is 0. The number of nitriles is 1. The number of anilines is 1. The van der Waals surface area contributed by atoms with E-state index in [0.29, 0.717) is 49.3 Å². The highest BCUT2D eigenvalue weighted by atomic mass is 19.4. The summed E-state index contributed by atoms with van der Waals surface area (Å²) < 4.78 is 41.1. The van der Waals surface area contributed by atoms with Gasteiger partial charge in [0.1, 0.15) is 17.8 Å². The Bertz CT molecular complexity index is 1160. The number of aromatic nitrogens is 3. The second-order valence-corrected chi connectivity index (χ2v) is 8.93. The van der Waals surface area contributed by atoms with Gasteiger partial charge in [0.15, 0.2) is 0 Å². The molecule has 2 aliphatic rings. The van der Waals surface area contributed by atoms with Gasteiger partial charge in [0.05, 0.1) is 11.5 Å². The standard InChI is InChI=1S/C24H27F3N6O/c1-3-4-16(12-28)9-15(2)13-29-21-20-7-8-32(22(20)31-14-30-21)19-10-17-5-6-18(11-19)33(17)23(34)24(25,26)27/h4,7-9,14,17-19H,3,5-6,10-11,13H2,1-2H3,(H,29,30,31). The molecule has 0 aromatic carbocycles. The van der Waals surface area contributed by atoms with Crippen LogP contribution >= 0.6 is 0 Å². The zero-order valence-corrected chi connectivity index (χ0v) is 19.1. The van der Waals surface area contributed by atoms with E-state index in [9.17, 15) is 23.2 Å². The molecule has 2 fully saturated rings. The molecule has 2 atom stereocenters. The third-order valence-corrected chi connectivity index (χ3v) is 6.58. The fraction of sp³-hybridized carbons (Fsp3) is 0.500. The molecular formula is C24H27F3N6O. The average Bonchev–Trinajstić information content (AvgIpc) is 3.34. The minimum absolute atomic E-state index is 0.0333. The molecule has 180 valence electrons. The van der Waals surface area contributed by atoms with Gasteiger partial charge in [-0.3, -0.25) is 4.79 Å². The van der Waals surface area contributed by atoms with Crippen molar-refractivity contribution in [1.82, 2.24) is 19.4 Å². The number of alkyl halides is 3. The predicted octanol–water partition coefficient (Wildman–Crippen LogP) is 4.91. The number of piperidine rings is 1. The zero-order chi connectivity index (χ0) is 24.5. The van der Waals surface area contributed by atoms with Crippen molar-refractivity contribution in [3.8, 4) is 6.07 Å². The number of rotatable bonds is 6. The summed E-state index contributed by atoms with van der Waals surface area (Å²) in [4.78, 5) is 21.8. The van der Waals surface area contributed by atoms with Crippen LogP contribution in [-0.4, -0.2) is 50.1 Å². The minimum Gasteiger partial charge on any atom is -0.366 e. The van der Waals surface area contributed by atoms with Gasteiger partial charge in [-0.05, 0) is 51.2 Å². The first-order chi connectivity index (χ1) is 16.2. The maximum atomic E-state index is 13.0.